The Morgan fingerprint density at radius 3 is 2.67 bits per heavy atom. The molecule has 1 aromatic rings. The maximum atomic E-state index is 12.7. The Balaban J connectivity index is 2.18. The zero-order chi connectivity index (χ0) is 15.4. The molecule has 1 atom stereocenters. The minimum atomic E-state index is -0.0793. The molecule has 1 saturated carbocycles. The summed E-state index contributed by atoms with van der Waals surface area (Å²) in [6.07, 6.45) is 2.34. The Hall–Kier alpha value is -1.75. The van der Waals surface area contributed by atoms with Crippen molar-refractivity contribution in [2.45, 2.75) is 25.8 Å². The van der Waals surface area contributed by atoms with Gasteiger partial charge < -0.3 is 19.5 Å². The first-order chi connectivity index (χ1) is 10.1. The van der Waals surface area contributed by atoms with Crippen LogP contribution < -0.4 is 4.74 Å². The SMILES string of the molecule is COCCN(C(=O)c1ccc(OC)c(O)c1)C(C)C1CC1. The summed E-state index contributed by atoms with van der Waals surface area (Å²) in [5, 5.41) is 9.84. The van der Waals surface area contributed by atoms with Crippen molar-refractivity contribution in [1.29, 1.82) is 0 Å². The molecule has 0 radical (unpaired) electrons. The van der Waals surface area contributed by atoms with Gasteiger partial charge in [-0.3, -0.25) is 4.79 Å². The van der Waals surface area contributed by atoms with E-state index < -0.39 is 0 Å². The number of hydrogen-bond acceptors (Lipinski definition) is 4. The summed E-state index contributed by atoms with van der Waals surface area (Å²) < 4.78 is 10.1. The van der Waals surface area contributed by atoms with Gasteiger partial charge in [0.2, 0.25) is 0 Å². The van der Waals surface area contributed by atoms with Crippen LogP contribution in [0.4, 0.5) is 0 Å². The number of hydrogen-bond donors (Lipinski definition) is 1. The summed E-state index contributed by atoms with van der Waals surface area (Å²) in [7, 11) is 3.11. The standard InChI is InChI=1S/C16H23NO4/c1-11(12-4-5-12)17(8-9-20-2)16(19)13-6-7-15(21-3)14(18)10-13/h6-7,10-12,18H,4-5,8-9H2,1-3H3. The first-order valence-corrected chi connectivity index (χ1v) is 7.25. The van der Waals surface area contributed by atoms with Crippen LogP contribution >= 0.6 is 0 Å². The zero-order valence-electron chi connectivity index (χ0n) is 12.8. The molecule has 116 valence electrons. The fourth-order valence-electron chi connectivity index (χ4n) is 2.50. The molecule has 1 unspecified atom stereocenters. The molecule has 0 bridgehead atoms. The van der Waals surface area contributed by atoms with Crippen LogP contribution in [-0.2, 0) is 4.74 Å². The minimum Gasteiger partial charge on any atom is -0.504 e. The van der Waals surface area contributed by atoms with E-state index in [2.05, 4.69) is 6.92 Å². The van der Waals surface area contributed by atoms with Crippen molar-refractivity contribution in [3.8, 4) is 11.5 Å². The van der Waals surface area contributed by atoms with Gasteiger partial charge in [0, 0.05) is 25.3 Å². The van der Waals surface area contributed by atoms with Gasteiger partial charge in [0.15, 0.2) is 11.5 Å². The second-order valence-corrected chi connectivity index (χ2v) is 5.46. The molecule has 1 aliphatic carbocycles. The molecule has 0 saturated heterocycles. The molecule has 21 heavy (non-hydrogen) atoms. The molecule has 0 aromatic heterocycles. The third-order valence-electron chi connectivity index (χ3n) is 4.02. The van der Waals surface area contributed by atoms with Crippen LogP contribution in [0, 0.1) is 5.92 Å². The average molecular weight is 293 g/mol. The van der Waals surface area contributed by atoms with E-state index in [1.54, 1.807) is 19.2 Å². The monoisotopic (exact) mass is 293 g/mol. The Bertz CT molecular complexity index is 499. The largest absolute Gasteiger partial charge is 0.504 e. The zero-order valence-corrected chi connectivity index (χ0v) is 12.8. The lowest BCUT2D eigenvalue weighted by Gasteiger charge is -2.29. The Morgan fingerprint density at radius 2 is 2.14 bits per heavy atom. The molecule has 1 aromatic carbocycles. The normalized spacial score (nSPS) is 15.6. The van der Waals surface area contributed by atoms with Crippen molar-refractivity contribution in [3.05, 3.63) is 23.8 Å². The highest BCUT2D eigenvalue weighted by atomic mass is 16.5. The van der Waals surface area contributed by atoms with Crippen molar-refractivity contribution in [2.75, 3.05) is 27.4 Å². The predicted octanol–water partition coefficient (Wildman–Crippen LogP) is 2.29. The quantitative estimate of drug-likeness (QED) is 0.838. The molecule has 2 rings (SSSR count). The summed E-state index contributed by atoms with van der Waals surface area (Å²) in [6, 6.07) is 4.94. The Kier molecular flexibility index (Phi) is 5.07. The van der Waals surface area contributed by atoms with E-state index in [9.17, 15) is 9.90 Å². The third-order valence-corrected chi connectivity index (χ3v) is 4.02. The van der Waals surface area contributed by atoms with Gasteiger partial charge in [-0.1, -0.05) is 0 Å². The van der Waals surface area contributed by atoms with E-state index in [0.29, 0.717) is 30.4 Å². The highest BCUT2D eigenvalue weighted by Crippen LogP contribution is 2.36. The van der Waals surface area contributed by atoms with Crippen LogP contribution in [0.2, 0.25) is 0 Å². The van der Waals surface area contributed by atoms with E-state index in [1.165, 1.54) is 26.0 Å². The number of benzene rings is 1. The summed E-state index contributed by atoms with van der Waals surface area (Å²) in [5.74, 6) is 0.849. The van der Waals surface area contributed by atoms with E-state index in [1.807, 2.05) is 4.90 Å². The van der Waals surface area contributed by atoms with Crippen molar-refractivity contribution in [2.24, 2.45) is 5.92 Å². The summed E-state index contributed by atoms with van der Waals surface area (Å²) >= 11 is 0. The molecule has 5 heteroatoms. The van der Waals surface area contributed by atoms with E-state index in [0.717, 1.165) is 0 Å². The average Bonchev–Trinajstić information content (AvgIpc) is 3.31. The third kappa shape index (κ3) is 3.67. The smallest absolute Gasteiger partial charge is 0.254 e. The van der Waals surface area contributed by atoms with Crippen LogP contribution in [0.1, 0.15) is 30.1 Å². The van der Waals surface area contributed by atoms with Gasteiger partial charge in [-0.25, -0.2) is 0 Å². The van der Waals surface area contributed by atoms with E-state index in [4.69, 9.17) is 9.47 Å². The lowest BCUT2D eigenvalue weighted by molar-refractivity contribution is 0.0594. The van der Waals surface area contributed by atoms with Crippen LogP contribution in [0.3, 0.4) is 0 Å². The summed E-state index contributed by atoms with van der Waals surface area (Å²) in [6.45, 7) is 3.14. The fraction of sp³-hybridized carbons (Fsp3) is 0.562. The first-order valence-electron chi connectivity index (χ1n) is 7.25. The van der Waals surface area contributed by atoms with Gasteiger partial charge in [0.25, 0.3) is 5.91 Å². The van der Waals surface area contributed by atoms with Gasteiger partial charge in [-0.15, -0.1) is 0 Å². The minimum absolute atomic E-state index is 0.0193. The van der Waals surface area contributed by atoms with Gasteiger partial charge in [-0.2, -0.15) is 0 Å². The molecule has 1 fully saturated rings. The van der Waals surface area contributed by atoms with Crippen LogP contribution in [-0.4, -0.2) is 49.3 Å². The summed E-state index contributed by atoms with van der Waals surface area (Å²) in [4.78, 5) is 14.5. The van der Waals surface area contributed by atoms with Crippen LogP contribution in [0.25, 0.3) is 0 Å². The number of ether oxygens (including phenoxy) is 2. The molecule has 0 aliphatic heterocycles. The fourth-order valence-corrected chi connectivity index (χ4v) is 2.50. The number of methoxy groups -OCH3 is 2. The predicted molar refractivity (Wildman–Crippen MR) is 79.8 cm³/mol. The van der Waals surface area contributed by atoms with Gasteiger partial charge in [-0.05, 0) is 43.9 Å². The van der Waals surface area contributed by atoms with Gasteiger partial charge >= 0.3 is 0 Å². The molecular formula is C16H23NO4. The molecule has 0 spiro atoms. The molecule has 0 heterocycles. The number of aromatic hydroxyl groups is 1. The number of amides is 1. The second kappa shape index (κ2) is 6.80. The van der Waals surface area contributed by atoms with E-state index >= 15 is 0 Å². The van der Waals surface area contributed by atoms with Crippen molar-refractivity contribution >= 4 is 5.91 Å². The molecule has 1 amide bonds. The highest BCUT2D eigenvalue weighted by molar-refractivity contribution is 5.95. The van der Waals surface area contributed by atoms with Crippen molar-refractivity contribution in [3.63, 3.8) is 0 Å². The molecule has 1 aliphatic rings. The lowest BCUT2D eigenvalue weighted by atomic mass is 10.1. The Labute approximate surface area is 125 Å². The molecule has 5 nitrogen and oxygen atoms in total. The van der Waals surface area contributed by atoms with Gasteiger partial charge in [0.1, 0.15) is 0 Å². The second-order valence-electron chi connectivity index (χ2n) is 5.46. The first kappa shape index (κ1) is 15.6. The van der Waals surface area contributed by atoms with Crippen LogP contribution in [0.5, 0.6) is 11.5 Å². The topological polar surface area (TPSA) is 59.0 Å². The number of carbonyl (C=O) groups is 1. The van der Waals surface area contributed by atoms with Crippen molar-refractivity contribution in [1.82, 2.24) is 4.90 Å². The van der Waals surface area contributed by atoms with Crippen molar-refractivity contribution < 1.29 is 19.4 Å². The molecular weight excluding hydrogens is 270 g/mol. The highest BCUT2D eigenvalue weighted by Gasteiger charge is 2.34. The van der Waals surface area contributed by atoms with E-state index in [-0.39, 0.29) is 17.7 Å². The summed E-state index contributed by atoms with van der Waals surface area (Å²) in [5.41, 5.74) is 0.469. The Morgan fingerprint density at radius 1 is 1.43 bits per heavy atom. The molecule has 1 N–H and O–H groups in total. The number of phenolic OH excluding ortho intramolecular Hbond substituents is 1. The maximum Gasteiger partial charge on any atom is 0.254 e. The number of nitrogens with zero attached hydrogens (tertiary/aromatic N) is 1. The number of carbonyl (C=O) groups excluding carboxylic acids is 1. The number of rotatable bonds is 7. The van der Waals surface area contributed by atoms with Crippen LogP contribution in [0.15, 0.2) is 18.2 Å². The number of phenols is 1. The van der Waals surface area contributed by atoms with Gasteiger partial charge in [0.05, 0.1) is 13.7 Å². The maximum absolute atomic E-state index is 12.7. The lowest BCUT2D eigenvalue weighted by Crippen LogP contribution is -2.42.